The van der Waals surface area contributed by atoms with Gasteiger partial charge < -0.3 is 30.4 Å². The van der Waals surface area contributed by atoms with Crippen molar-refractivity contribution in [3.8, 4) is 22.8 Å². The maximum atomic E-state index is 7.38. The van der Waals surface area contributed by atoms with Crippen LogP contribution in [0.15, 0.2) is 47.0 Å². The third kappa shape index (κ3) is 4.20. The summed E-state index contributed by atoms with van der Waals surface area (Å²) in [6.45, 7) is 4.96. The molecule has 0 amide bonds. The molecule has 0 aliphatic heterocycles. The summed E-state index contributed by atoms with van der Waals surface area (Å²) >= 11 is 0. The van der Waals surface area contributed by atoms with Gasteiger partial charge in [0.05, 0.1) is 19.4 Å². The van der Waals surface area contributed by atoms with Gasteiger partial charge in [-0.2, -0.15) is 0 Å². The van der Waals surface area contributed by atoms with Gasteiger partial charge in [0.2, 0.25) is 0 Å². The SMILES string of the molecule is CCOc1ccc(-c2cnc(Nc3ccc(N)c(C=N)c3)o2)cc1OCC. The molecule has 3 rings (SSSR count). The second-order valence-corrected chi connectivity index (χ2v) is 5.67. The van der Waals surface area contributed by atoms with E-state index in [-0.39, 0.29) is 0 Å². The number of nitrogens with zero attached hydrogens (tertiary/aromatic N) is 1. The molecule has 7 nitrogen and oxygen atoms in total. The molecular formula is C20H22N4O3. The molecule has 0 aliphatic carbocycles. The highest BCUT2D eigenvalue weighted by Gasteiger charge is 2.12. The minimum Gasteiger partial charge on any atom is -0.490 e. The first-order valence-corrected chi connectivity index (χ1v) is 8.67. The fraction of sp³-hybridized carbons (Fsp3) is 0.200. The average Bonchev–Trinajstić information content (AvgIpc) is 3.13. The Morgan fingerprint density at radius 1 is 1.11 bits per heavy atom. The fourth-order valence-electron chi connectivity index (χ4n) is 2.57. The van der Waals surface area contributed by atoms with Gasteiger partial charge in [-0.3, -0.25) is 0 Å². The molecule has 0 saturated carbocycles. The van der Waals surface area contributed by atoms with Gasteiger partial charge in [0.25, 0.3) is 6.01 Å². The van der Waals surface area contributed by atoms with Gasteiger partial charge in [-0.15, -0.1) is 0 Å². The molecule has 140 valence electrons. The molecule has 27 heavy (non-hydrogen) atoms. The third-order valence-electron chi connectivity index (χ3n) is 3.83. The van der Waals surface area contributed by atoms with Crippen LogP contribution >= 0.6 is 0 Å². The summed E-state index contributed by atoms with van der Waals surface area (Å²) in [7, 11) is 0. The minimum absolute atomic E-state index is 0.345. The number of nitrogen functional groups attached to an aromatic ring is 1. The van der Waals surface area contributed by atoms with Crippen LogP contribution in [-0.4, -0.2) is 24.4 Å². The quantitative estimate of drug-likeness (QED) is 0.401. The van der Waals surface area contributed by atoms with Crippen molar-refractivity contribution in [2.45, 2.75) is 13.8 Å². The van der Waals surface area contributed by atoms with Gasteiger partial charge in [-0.1, -0.05) is 0 Å². The van der Waals surface area contributed by atoms with Crippen molar-refractivity contribution in [2.75, 3.05) is 24.3 Å². The van der Waals surface area contributed by atoms with Crippen LogP contribution in [0.2, 0.25) is 0 Å². The molecule has 1 aromatic heterocycles. The number of nitrogens with two attached hydrogens (primary N) is 1. The molecule has 3 aromatic rings. The molecule has 0 atom stereocenters. The summed E-state index contributed by atoms with van der Waals surface area (Å²) in [4.78, 5) is 4.26. The zero-order valence-corrected chi connectivity index (χ0v) is 15.3. The van der Waals surface area contributed by atoms with E-state index in [1.807, 2.05) is 32.0 Å². The predicted octanol–water partition coefficient (Wildman–Crippen LogP) is 4.46. The second-order valence-electron chi connectivity index (χ2n) is 5.67. The van der Waals surface area contributed by atoms with E-state index in [1.54, 1.807) is 24.4 Å². The van der Waals surface area contributed by atoms with Gasteiger partial charge in [-0.05, 0) is 50.2 Å². The van der Waals surface area contributed by atoms with Crippen LogP contribution in [0.25, 0.3) is 11.3 Å². The normalized spacial score (nSPS) is 10.4. The molecule has 0 radical (unpaired) electrons. The van der Waals surface area contributed by atoms with Gasteiger partial charge >= 0.3 is 0 Å². The Morgan fingerprint density at radius 3 is 2.63 bits per heavy atom. The number of benzene rings is 2. The van der Waals surface area contributed by atoms with Crippen molar-refractivity contribution >= 4 is 23.6 Å². The number of ether oxygens (including phenoxy) is 2. The highest BCUT2D eigenvalue weighted by Crippen LogP contribution is 2.34. The lowest BCUT2D eigenvalue weighted by atomic mass is 10.1. The van der Waals surface area contributed by atoms with Crippen molar-refractivity contribution in [1.29, 1.82) is 5.41 Å². The van der Waals surface area contributed by atoms with Crippen LogP contribution in [0.1, 0.15) is 19.4 Å². The number of aromatic nitrogens is 1. The van der Waals surface area contributed by atoms with E-state index < -0.39 is 0 Å². The Labute approximate surface area is 157 Å². The summed E-state index contributed by atoms with van der Waals surface area (Å²) in [5.74, 6) is 1.96. The van der Waals surface area contributed by atoms with Crippen molar-refractivity contribution in [3.05, 3.63) is 48.2 Å². The maximum Gasteiger partial charge on any atom is 0.299 e. The largest absolute Gasteiger partial charge is 0.490 e. The number of hydrogen-bond donors (Lipinski definition) is 3. The van der Waals surface area contributed by atoms with Crippen LogP contribution in [0.4, 0.5) is 17.4 Å². The fourth-order valence-corrected chi connectivity index (χ4v) is 2.57. The Balaban J connectivity index is 1.83. The highest BCUT2D eigenvalue weighted by atomic mass is 16.5. The second kappa shape index (κ2) is 8.27. The molecule has 2 aromatic carbocycles. The van der Waals surface area contributed by atoms with Crippen LogP contribution in [-0.2, 0) is 0 Å². The van der Waals surface area contributed by atoms with E-state index in [0.29, 0.717) is 47.7 Å². The van der Waals surface area contributed by atoms with Crippen molar-refractivity contribution in [1.82, 2.24) is 4.98 Å². The molecule has 4 N–H and O–H groups in total. The number of nitrogens with one attached hydrogen (secondary N) is 2. The molecule has 0 fully saturated rings. The van der Waals surface area contributed by atoms with Crippen molar-refractivity contribution in [2.24, 2.45) is 0 Å². The zero-order valence-electron chi connectivity index (χ0n) is 15.3. The first kappa shape index (κ1) is 18.3. The first-order valence-electron chi connectivity index (χ1n) is 8.67. The van der Waals surface area contributed by atoms with Gasteiger partial charge in [0, 0.05) is 28.7 Å². The Kier molecular flexibility index (Phi) is 5.61. The molecular weight excluding hydrogens is 344 g/mol. The summed E-state index contributed by atoms with van der Waals surface area (Å²) in [5.41, 5.74) is 8.54. The number of oxazole rings is 1. The highest BCUT2D eigenvalue weighted by molar-refractivity contribution is 5.87. The lowest BCUT2D eigenvalue weighted by molar-refractivity contribution is 0.288. The van der Waals surface area contributed by atoms with Gasteiger partial charge in [0.15, 0.2) is 17.3 Å². The Morgan fingerprint density at radius 2 is 1.89 bits per heavy atom. The summed E-state index contributed by atoms with van der Waals surface area (Å²) in [6.07, 6.45) is 2.85. The van der Waals surface area contributed by atoms with Crippen LogP contribution in [0.5, 0.6) is 11.5 Å². The van der Waals surface area contributed by atoms with E-state index in [4.69, 9.17) is 25.0 Å². The number of hydrogen-bond acceptors (Lipinski definition) is 7. The lowest BCUT2D eigenvalue weighted by Crippen LogP contribution is -1.98. The van der Waals surface area contributed by atoms with Crippen LogP contribution in [0, 0.1) is 5.41 Å². The molecule has 0 saturated heterocycles. The van der Waals surface area contributed by atoms with E-state index in [9.17, 15) is 0 Å². The first-order chi connectivity index (χ1) is 13.1. The van der Waals surface area contributed by atoms with E-state index in [2.05, 4.69) is 10.3 Å². The molecule has 0 spiro atoms. The lowest BCUT2D eigenvalue weighted by Gasteiger charge is -2.11. The summed E-state index contributed by atoms with van der Waals surface area (Å²) < 4.78 is 17.0. The number of anilines is 3. The van der Waals surface area contributed by atoms with Crippen LogP contribution in [0.3, 0.4) is 0 Å². The maximum absolute atomic E-state index is 7.38. The van der Waals surface area contributed by atoms with Gasteiger partial charge in [-0.25, -0.2) is 4.98 Å². The van der Waals surface area contributed by atoms with Crippen LogP contribution < -0.4 is 20.5 Å². The number of rotatable bonds is 8. The minimum atomic E-state index is 0.345. The van der Waals surface area contributed by atoms with Crippen molar-refractivity contribution < 1.29 is 13.9 Å². The molecule has 1 heterocycles. The topological polar surface area (TPSA) is 106 Å². The molecule has 7 heteroatoms. The average molecular weight is 366 g/mol. The van der Waals surface area contributed by atoms with E-state index >= 15 is 0 Å². The third-order valence-corrected chi connectivity index (χ3v) is 3.83. The molecule has 0 unspecified atom stereocenters. The van der Waals surface area contributed by atoms with E-state index in [0.717, 1.165) is 11.3 Å². The molecule has 0 bridgehead atoms. The standard InChI is InChI=1S/C20H22N4O3/c1-3-25-17-8-5-13(10-18(17)26-4-2)19-12-23-20(27-19)24-15-6-7-16(22)14(9-15)11-21/h5-12,21H,3-4,22H2,1-2H3,(H,23,24). The van der Waals surface area contributed by atoms with Crippen molar-refractivity contribution in [3.63, 3.8) is 0 Å². The Bertz CT molecular complexity index is 937. The Hall–Kier alpha value is -3.48. The monoisotopic (exact) mass is 366 g/mol. The van der Waals surface area contributed by atoms with Gasteiger partial charge in [0.1, 0.15) is 0 Å². The summed E-state index contributed by atoms with van der Waals surface area (Å²) in [5, 5.41) is 10.5. The zero-order chi connectivity index (χ0) is 19.2. The smallest absolute Gasteiger partial charge is 0.299 e. The summed E-state index contributed by atoms with van der Waals surface area (Å²) in [6, 6.07) is 11.3. The predicted molar refractivity (Wildman–Crippen MR) is 106 cm³/mol. The molecule has 0 aliphatic rings. The van der Waals surface area contributed by atoms with E-state index in [1.165, 1.54) is 6.21 Å².